The molecule has 0 unspecified atom stereocenters. The van der Waals surface area contributed by atoms with E-state index in [0.717, 1.165) is 22.5 Å². The molecule has 2 aromatic carbocycles. The first kappa shape index (κ1) is 19.7. The molecule has 28 heavy (non-hydrogen) atoms. The zero-order valence-corrected chi connectivity index (χ0v) is 16.4. The average molecular weight is 375 g/mol. The Morgan fingerprint density at radius 3 is 2.21 bits per heavy atom. The van der Waals surface area contributed by atoms with Gasteiger partial charge in [0, 0.05) is 18.2 Å². The molecule has 0 fully saturated rings. The Bertz CT molecular complexity index is 907. The third-order valence-electron chi connectivity index (χ3n) is 4.68. The summed E-state index contributed by atoms with van der Waals surface area (Å²) < 4.78 is 0. The smallest absolute Gasteiger partial charge is 0.253 e. The number of carbonyl (C=O) groups excluding carboxylic acids is 1. The summed E-state index contributed by atoms with van der Waals surface area (Å²) in [5.41, 5.74) is 4.00. The number of aromatic nitrogens is 2. The molecule has 1 atom stereocenters. The molecule has 1 aromatic heterocycles. The van der Waals surface area contributed by atoms with Gasteiger partial charge in [-0.2, -0.15) is 10.2 Å². The molecule has 0 bridgehead atoms. The predicted octanol–water partition coefficient (Wildman–Crippen LogP) is 4.07. The van der Waals surface area contributed by atoms with Gasteiger partial charge in [0.1, 0.15) is 0 Å². The molecular formula is C23H25N3O2. The lowest BCUT2D eigenvalue weighted by molar-refractivity contribution is 0.0681. The van der Waals surface area contributed by atoms with Crippen LogP contribution in [0, 0.1) is 0 Å². The third kappa shape index (κ3) is 4.61. The van der Waals surface area contributed by atoms with Crippen molar-refractivity contribution < 1.29 is 9.90 Å². The summed E-state index contributed by atoms with van der Waals surface area (Å²) in [4.78, 5) is 14.2. The highest BCUT2D eigenvalue weighted by atomic mass is 16.3. The van der Waals surface area contributed by atoms with Gasteiger partial charge in [-0.25, -0.2) is 0 Å². The molecule has 1 amide bonds. The van der Waals surface area contributed by atoms with Gasteiger partial charge in [-0.05, 0) is 35.7 Å². The molecular weight excluding hydrogens is 350 g/mol. The van der Waals surface area contributed by atoms with Crippen LogP contribution in [0.5, 0.6) is 0 Å². The summed E-state index contributed by atoms with van der Waals surface area (Å²) in [5.74, 6) is 0.200. The van der Waals surface area contributed by atoms with E-state index in [1.165, 1.54) is 4.90 Å². The Hall–Kier alpha value is -3.05. The van der Waals surface area contributed by atoms with E-state index >= 15 is 0 Å². The van der Waals surface area contributed by atoms with Crippen molar-refractivity contribution in [3.63, 3.8) is 0 Å². The zero-order valence-electron chi connectivity index (χ0n) is 16.4. The number of benzene rings is 2. The lowest BCUT2D eigenvalue weighted by atomic mass is 10.1. The van der Waals surface area contributed by atoms with Crippen LogP contribution in [0.1, 0.15) is 47.5 Å². The Morgan fingerprint density at radius 1 is 0.964 bits per heavy atom. The zero-order chi connectivity index (χ0) is 20.1. The summed E-state index contributed by atoms with van der Waals surface area (Å²) >= 11 is 0. The van der Waals surface area contributed by atoms with Crippen molar-refractivity contribution in [1.82, 2.24) is 15.1 Å². The second kappa shape index (κ2) is 8.76. The molecule has 0 aliphatic carbocycles. The molecule has 5 heteroatoms. The number of amides is 1. The maximum absolute atomic E-state index is 12.7. The average Bonchev–Trinajstić information content (AvgIpc) is 2.74. The summed E-state index contributed by atoms with van der Waals surface area (Å²) in [6.45, 7) is 4.39. The van der Waals surface area contributed by atoms with Gasteiger partial charge in [0.15, 0.2) is 0 Å². The Balaban J connectivity index is 1.67. The monoisotopic (exact) mass is 375 g/mol. The predicted molar refractivity (Wildman–Crippen MR) is 110 cm³/mol. The fourth-order valence-electron chi connectivity index (χ4n) is 2.93. The van der Waals surface area contributed by atoms with Gasteiger partial charge in [0.25, 0.3) is 5.91 Å². The SMILES string of the molecule is CC(C)c1ccc(-c2ccc(C(=O)N(C)C[C@@H](O)c3ccccc3)cc2)nn1. The number of nitrogens with zero attached hydrogens (tertiary/aromatic N) is 3. The summed E-state index contributed by atoms with van der Waals surface area (Å²) in [6.07, 6.45) is -0.718. The molecule has 0 aliphatic heterocycles. The number of carbonyl (C=O) groups is 1. The van der Waals surface area contributed by atoms with Crippen molar-refractivity contribution in [2.24, 2.45) is 0 Å². The van der Waals surface area contributed by atoms with E-state index in [4.69, 9.17) is 0 Å². The van der Waals surface area contributed by atoms with E-state index in [9.17, 15) is 9.90 Å². The van der Waals surface area contributed by atoms with E-state index in [-0.39, 0.29) is 12.5 Å². The summed E-state index contributed by atoms with van der Waals surface area (Å²) in [6, 6.07) is 20.6. The molecule has 0 aliphatic rings. The highest BCUT2D eigenvalue weighted by Gasteiger charge is 2.17. The van der Waals surface area contributed by atoms with Crippen LogP contribution >= 0.6 is 0 Å². The van der Waals surface area contributed by atoms with Gasteiger partial charge in [0.05, 0.1) is 24.0 Å². The van der Waals surface area contributed by atoms with Crippen molar-refractivity contribution in [1.29, 1.82) is 0 Å². The Labute approximate surface area is 165 Å². The Morgan fingerprint density at radius 2 is 1.64 bits per heavy atom. The van der Waals surface area contributed by atoms with Crippen molar-refractivity contribution in [2.75, 3.05) is 13.6 Å². The van der Waals surface area contributed by atoms with Gasteiger partial charge < -0.3 is 10.0 Å². The fourth-order valence-corrected chi connectivity index (χ4v) is 2.93. The molecule has 3 aromatic rings. The molecule has 144 valence electrons. The normalized spacial score (nSPS) is 12.0. The van der Waals surface area contributed by atoms with Gasteiger partial charge in [-0.3, -0.25) is 4.79 Å². The highest BCUT2D eigenvalue weighted by Crippen LogP contribution is 2.20. The third-order valence-corrected chi connectivity index (χ3v) is 4.68. The van der Waals surface area contributed by atoms with Crippen LogP contribution in [0.2, 0.25) is 0 Å². The first-order chi connectivity index (χ1) is 13.5. The summed E-state index contributed by atoms with van der Waals surface area (Å²) in [7, 11) is 1.69. The second-order valence-electron chi connectivity index (χ2n) is 7.19. The van der Waals surface area contributed by atoms with Crippen LogP contribution in [-0.2, 0) is 0 Å². The summed E-state index contributed by atoms with van der Waals surface area (Å²) in [5, 5.41) is 18.9. The van der Waals surface area contributed by atoms with E-state index in [1.54, 1.807) is 19.2 Å². The van der Waals surface area contributed by atoms with Gasteiger partial charge >= 0.3 is 0 Å². The molecule has 0 spiro atoms. The van der Waals surface area contributed by atoms with Crippen LogP contribution < -0.4 is 0 Å². The van der Waals surface area contributed by atoms with Crippen LogP contribution in [-0.4, -0.2) is 39.7 Å². The molecule has 0 radical (unpaired) electrons. The molecule has 1 heterocycles. The molecule has 1 N–H and O–H groups in total. The number of rotatable bonds is 6. The van der Waals surface area contributed by atoms with Crippen molar-refractivity contribution in [2.45, 2.75) is 25.9 Å². The topological polar surface area (TPSA) is 66.3 Å². The van der Waals surface area contributed by atoms with E-state index in [2.05, 4.69) is 24.0 Å². The lowest BCUT2D eigenvalue weighted by Gasteiger charge is -2.21. The Kier molecular flexibility index (Phi) is 6.16. The highest BCUT2D eigenvalue weighted by molar-refractivity contribution is 5.94. The van der Waals surface area contributed by atoms with Crippen molar-refractivity contribution in [3.8, 4) is 11.3 Å². The lowest BCUT2D eigenvalue weighted by Crippen LogP contribution is -2.31. The molecule has 5 nitrogen and oxygen atoms in total. The minimum absolute atomic E-state index is 0.136. The number of likely N-dealkylation sites (N-methyl/N-ethyl adjacent to an activating group) is 1. The number of aliphatic hydroxyl groups is 1. The van der Waals surface area contributed by atoms with Gasteiger partial charge in [0.2, 0.25) is 0 Å². The first-order valence-corrected chi connectivity index (χ1v) is 9.38. The standard InChI is InChI=1S/C23H25N3O2/c1-16(2)20-13-14-21(25-24-20)17-9-11-19(12-10-17)23(28)26(3)15-22(27)18-7-5-4-6-8-18/h4-14,16,22,27H,15H2,1-3H3/t22-/m1/s1. The van der Waals surface area contributed by atoms with Crippen LogP contribution in [0.4, 0.5) is 0 Å². The minimum Gasteiger partial charge on any atom is -0.387 e. The van der Waals surface area contributed by atoms with Crippen molar-refractivity contribution >= 4 is 5.91 Å². The molecule has 0 saturated heterocycles. The van der Waals surface area contributed by atoms with E-state index in [1.807, 2.05) is 54.6 Å². The largest absolute Gasteiger partial charge is 0.387 e. The van der Waals surface area contributed by atoms with E-state index < -0.39 is 6.10 Å². The molecule has 0 saturated carbocycles. The number of hydrogen-bond donors (Lipinski definition) is 1. The van der Waals surface area contributed by atoms with E-state index in [0.29, 0.717) is 11.5 Å². The van der Waals surface area contributed by atoms with Crippen LogP contribution in [0.25, 0.3) is 11.3 Å². The minimum atomic E-state index is -0.718. The fraction of sp³-hybridized carbons (Fsp3) is 0.261. The van der Waals surface area contributed by atoms with Gasteiger partial charge in [-0.1, -0.05) is 56.3 Å². The number of aliphatic hydroxyl groups excluding tert-OH is 1. The maximum atomic E-state index is 12.7. The molecule has 3 rings (SSSR count). The van der Waals surface area contributed by atoms with Crippen LogP contribution in [0.3, 0.4) is 0 Å². The van der Waals surface area contributed by atoms with Crippen LogP contribution in [0.15, 0.2) is 66.7 Å². The number of hydrogen-bond acceptors (Lipinski definition) is 4. The quantitative estimate of drug-likeness (QED) is 0.705. The second-order valence-corrected chi connectivity index (χ2v) is 7.19. The van der Waals surface area contributed by atoms with Crippen molar-refractivity contribution in [3.05, 3.63) is 83.6 Å². The first-order valence-electron chi connectivity index (χ1n) is 9.38. The van der Waals surface area contributed by atoms with Gasteiger partial charge in [-0.15, -0.1) is 0 Å². The maximum Gasteiger partial charge on any atom is 0.253 e.